The lowest BCUT2D eigenvalue weighted by Gasteiger charge is -2.14. The highest BCUT2D eigenvalue weighted by atomic mass is 32.2. The number of Topliss-reactive ketones (excluding diaryl/α,β-unsaturated/α-hetero) is 1. The SMILES string of the molecule is CC1CCC(=O)C1S(=O)(=O)c1ccccc1. The van der Waals surface area contributed by atoms with Crippen molar-refractivity contribution < 1.29 is 13.2 Å². The molecule has 0 spiro atoms. The van der Waals surface area contributed by atoms with Crippen LogP contribution in [0.15, 0.2) is 35.2 Å². The van der Waals surface area contributed by atoms with Gasteiger partial charge in [0.15, 0.2) is 15.6 Å². The monoisotopic (exact) mass is 238 g/mol. The van der Waals surface area contributed by atoms with Gasteiger partial charge >= 0.3 is 0 Å². The summed E-state index contributed by atoms with van der Waals surface area (Å²) in [5, 5.41) is -0.838. The largest absolute Gasteiger partial charge is 0.298 e. The molecule has 0 amide bonds. The summed E-state index contributed by atoms with van der Waals surface area (Å²) >= 11 is 0. The van der Waals surface area contributed by atoms with Crippen molar-refractivity contribution >= 4 is 15.6 Å². The van der Waals surface area contributed by atoms with Gasteiger partial charge in [-0.05, 0) is 24.5 Å². The van der Waals surface area contributed by atoms with Crippen LogP contribution in [-0.4, -0.2) is 19.5 Å². The number of hydrogen-bond acceptors (Lipinski definition) is 3. The van der Waals surface area contributed by atoms with Gasteiger partial charge in [0.05, 0.1) is 4.90 Å². The zero-order valence-electron chi connectivity index (χ0n) is 9.09. The topological polar surface area (TPSA) is 51.2 Å². The summed E-state index contributed by atoms with van der Waals surface area (Å²) in [6.07, 6.45) is 1.06. The van der Waals surface area contributed by atoms with Crippen molar-refractivity contribution in [3.8, 4) is 0 Å². The Morgan fingerprint density at radius 3 is 2.31 bits per heavy atom. The molecule has 0 saturated heterocycles. The summed E-state index contributed by atoms with van der Waals surface area (Å²) in [5.74, 6) is -0.214. The second-order valence-electron chi connectivity index (χ2n) is 4.26. The van der Waals surface area contributed by atoms with Crippen LogP contribution in [0.2, 0.25) is 0 Å². The van der Waals surface area contributed by atoms with Crippen LogP contribution in [0.1, 0.15) is 19.8 Å². The van der Waals surface area contributed by atoms with E-state index in [0.717, 1.165) is 0 Å². The molecule has 0 N–H and O–H groups in total. The molecule has 0 aromatic heterocycles. The number of ketones is 1. The first-order valence-electron chi connectivity index (χ1n) is 5.35. The fraction of sp³-hybridized carbons (Fsp3) is 0.417. The predicted octanol–water partition coefficient (Wildman–Crippen LogP) is 1.83. The Kier molecular flexibility index (Phi) is 2.84. The molecule has 1 fully saturated rings. The molecule has 1 aromatic rings. The predicted molar refractivity (Wildman–Crippen MR) is 60.8 cm³/mol. The summed E-state index contributed by atoms with van der Waals surface area (Å²) in [7, 11) is -3.49. The van der Waals surface area contributed by atoms with E-state index in [-0.39, 0.29) is 16.6 Å². The lowest BCUT2D eigenvalue weighted by molar-refractivity contribution is -0.117. The molecule has 1 saturated carbocycles. The summed E-state index contributed by atoms with van der Waals surface area (Å²) in [6, 6.07) is 8.22. The molecule has 0 radical (unpaired) electrons. The van der Waals surface area contributed by atoms with Gasteiger partial charge in [0.1, 0.15) is 5.25 Å². The summed E-state index contributed by atoms with van der Waals surface area (Å²) in [6.45, 7) is 1.83. The van der Waals surface area contributed by atoms with E-state index in [9.17, 15) is 13.2 Å². The van der Waals surface area contributed by atoms with Crippen molar-refractivity contribution in [3.05, 3.63) is 30.3 Å². The Hall–Kier alpha value is -1.16. The lowest BCUT2D eigenvalue weighted by Crippen LogP contribution is -2.30. The molecule has 16 heavy (non-hydrogen) atoms. The highest BCUT2D eigenvalue weighted by molar-refractivity contribution is 7.92. The van der Waals surface area contributed by atoms with Gasteiger partial charge < -0.3 is 0 Å². The van der Waals surface area contributed by atoms with Gasteiger partial charge in [-0.1, -0.05) is 25.1 Å². The van der Waals surface area contributed by atoms with Crippen LogP contribution in [0.3, 0.4) is 0 Å². The molecular weight excluding hydrogens is 224 g/mol. The molecule has 3 nitrogen and oxygen atoms in total. The van der Waals surface area contributed by atoms with Crippen LogP contribution in [0.5, 0.6) is 0 Å². The number of benzene rings is 1. The van der Waals surface area contributed by atoms with E-state index in [1.54, 1.807) is 30.3 Å². The standard InChI is InChI=1S/C12H14O3S/c1-9-7-8-11(13)12(9)16(14,15)10-5-3-2-4-6-10/h2-6,9,12H,7-8H2,1H3. The molecule has 0 bridgehead atoms. The van der Waals surface area contributed by atoms with Gasteiger partial charge in [-0.3, -0.25) is 4.79 Å². The van der Waals surface area contributed by atoms with Crippen molar-refractivity contribution in [2.75, 3.05) is 0 Å². The summed E-state index contributed by atoms with van der Waals surface area (Å²) < 4.78 is 24.5. The third-order valence-corrected chi connectivity index (χ3v) is 5.41. The van der Waals surface area contributed by atoms with E-state index in [1.807, 2.05) is 6.92 Å². The maximum atomic E-state index is 12.2. The lowest BCUT2D eigenvalue weighted by atomic mass is 10.1. The van der Waals surface area contributed by atoms with E-state index in [2.05, 4.69) is 0 Å². The van der Waals surface area contributed by atoms with Crippen molar-refractivity contribution in [2.45, 2.75) is 29.9 Å². The third kappa shape index (κ3) is 1.78. The van der Waals surface area contributed by atoms with Gasteiger partial charge in [0.25, 0.3) is 0 Å². The van der Waals surface area contributed by atoms with Gasteiger partial charge in [0.2, 0.25) is 0 Å². The summed E-state index contributed by atoms with van der Waals surface area (Å²) in [4.78, 5) is 11.9. The summed E-state index contributed by atoms with van der Waals surface area (Å²) in [5.41, 5.74) is 0. The van der Waals surface area contributed by atoms with Crippen LogP contribution in [0.4, 0.5) is 0 Å². The van der Waals surface area contributed by atoms with Crippen LogP contribution in [0, 0.1) is 5.92 Å². The fourth-order valence-corrected chi connectivity index (χ4v) is 4.26. The maximum Gasteiger partial charge on any atom is 0.188 e. The first-order chi connectivity index (χ1) is 7.53. The van der Waals surface area contributed by atoms with Crippen molar-refractivity contribution in [3.63, 3.8) is 0 Å². The second kappa shape index (κ2) is 4.01. The first-order valence-corrected chi connectivity index (χ1v) is 6.90. The van der Waals surface area contributed by atoms with E-state index >= 15 is 0 Å². The molecular formula is C12H14O3S. The average Bonchev–Trinajstić information content (AvgIpc) is 2.60. The molecule has 0 aliphatic heterocycles. The quantitative estimate of drug-likeness (QED) is 0.789. The van der Waals surface area contributed by atoms with Crippen molar-refractivity contribution in [2.24, 2.45) is 5.92 Å². The zero-order valence-corrected chi connectivity index (χ0v) is 9.91. The normalized spacial score (nSPS) is 25.9. The van der Waals surface area contributed by atoms with Crippen LogP contribution >= 0.6 is 0 Å². The first kappa shape index (κ1) is 11.3. The molecule has 0 heterocycles. The fourth-order valence-electron chi connectivity index (χ4n) is 2.22. The van der Waals surface area contributed by atoms with Crippen LogP contribution in [0.25, 0.3) is 0 Å². The Labute approximate surface area is 95.4 Å². The van der Waals surface area contributed by atoms with E-state index in [0.29, 0.717) is 12.8 Å². The minimum Gasteiger partial charge on any atom is -0.298 e. The number of carbonyl (C=O) groups is 1. The average molecular weight is 238 g/mol. The van der Waals surface area contributed by atoms with Gasteiger partial charge in [-0.15, -0.1) is 0 Å². The molecule has 2 atom stereocenters. The number of carbonyl (C=O) groups excluding carboxylic acids is 1. The van der Waals surface area contributed by atoms with Gasteiger partial charge in [-0.2, -0.15) is 0 Å². The number of hydrogen-bond donors (Lipinski definition) is 0. The van der Waals surface area contributed by atoms with E-state index in [4.69, 9.17) is 0 Å². The van der Waals surface area contributed by atoms with E-state index < -0.39 is 15.1 Å². The second-order valence-corrected chi connectivity index (χ2v) is 6.33. The molecule has 4 heteroatoms. The highest BCUT2D eigenvalue weighted by Crippen LogP contribution is 2.31. The third-order valence-electron chi connectivity index (χ3n) is 3.09. The number of rotatable bonds is 2. The molecule has 2 rings (SSSR count). The Morgan fingerprint density at radius 1 is 1.19 bits per heavy atom. The van der Waals surface area contributed by atoms with Crippen LogP contribution in [-0.2, 0) is 14.6 Å². The zero-order chi connectivity index (χ0) is 11.8. The minimum absolute atomic E-state index is 0.0716. The minimum atomic E-state index is -3.49. The molecule has 86 valence electrons. The van der Waals surface area contributed by atoms with Crippen molar-refractivity contribution in [1.29, 1.82) is 0 Å². The number of sulfone groups is 1. The maximum absolute atomic E-state index is 12.2. The van der Waals surface area contributed by atoms with Gasteiger partial charge in [0, 0.05) is 6.42 Å². The highest BCUT2D eigenvalue weighted by Gasteiger charge is 2.42. The van der Waals surface area contributed by atoms with Gasteiger partial charge in [-0.25, -0.2) is 8.42 Å². The van der Waals surface area contributed by atoms with Crippen molar-refractivity contribution in [1.82, 2.24) is 0 Å². The smallest absolute Gasteiger partial charge is 0.188 e. The van der Waals surface area contributed by atoms with Crippen LogP contribution < -0.4 is 0 Å². The Balaban J connectivity index is 2.44. The Bertz CT molecular complexity index is 490. The Morgan fingerprint density at radius 2 is 1.81 bits per heavy atom. The molecule has 1 aliphatic carbocycles. The van der Waals surface area contributed by atoms with E-state index in [1.165, 1.54) is 0 Å². The molecule has 1 aliphatic rings. The molecule has 1 aromatic carbocycles. The molecule has 2 unspecified atom stereocenters.